The molecule has 3 heteroatoms. The molecule has 0 aromatic heterocycles. The van der Waals surface area contributed by atoms with Gasteiger partial charge in [0.2, 0.25) is 0 Å². The van der Waals surface area contributed by atoms with E-state index >= 15 is 0 Å². The van der Waals surface area contributed by atoms with Gasteiger partial charge in [-0.15, -0.1) is 0 Å². The van der Waals surface area contributed by atoms with Crippen LogP contribution in [0.25, 0.3) is 0 Å². The summed E-state index contributed by atoms with van der Waals surface area (Å²) in [5, 5.41) is 0. The zero-order chi connectivity index (χ0) is 17.9. The molecule has 8 atom stereocenters. The van der Waals surface area contributed by atoms with E-state index in [-0.39, 0.29) is 22.4 Å². The fourth-order valence-corrected chi connectivity index (χ4v) is 9.99. The second-order valence-electron chi connectivity index (χ2n) is 11.4. The number of esters is 1. The maximum Gasteiger partial charge on any atom is 0.306 e. The number of hydrogen-bond acceptors (Lipinski definition) is 3. The van der Waals surface area contributed by atoms with Gasteiger partial charge in [0.15, 0.2) is 0 Å². The predicted molar refractivity (Wildman–Crippen MR) is 101 cm³/mol. The van der Waals surface area contributed by atoms with Crippen LogP contribution in [-0.4, -0.2) is 35.6 Å². The normalized spacial score (nSPS) is 59.8. The number of hydrogen-bond donors (Lipinski definition) is 0. The average molecular weight is 358 g/mol. The van der Waals surface area contributed by atoms with E-state index in [1.807, 2.05) is 0 Å². The molecule has 7 rings (SSSR count). The van der Waals surface area contributed by atoms with Crippen molar-refractivity contribution >= 4 is 5.97 Å². The molecule has 0 aromatic carbocycles. The van der Waals surface area contributed by atoms with Gasteiger partial charge in [-0.2, -0.15) is 0 Å². The first-order chi connectivity index (χ1) is 12.4. The molecule has 0 amide bonds. The minimum Gasteiger partial charge on any atom is -0.458 e. The van der Waals surface area contributed by atoms with E-state index in [2.05, 4.69) is 25.7 Å². The Morgan fingerprint density at radius 1 is 1.12 bits per heavy atom. The number of rotatable bonds is 1. The third-order valence-corrected chi connectivity index (χ3v) is 10.8. The minimum absolute atomic E-state index is 0.113. The summed E-state index contributed by atoms with van der Waals surface area (Å²) in [5.41, 5.74) is 0.695. The molecule has 3 aliphatic carbocycles. The van der Waals surface area contributed by atoms with Crippen molar-refractivity contribution in [2.45, 2.75) is 90.2 Å². The number of piperidine rings is 2. The Morgan fingerprint density at radius 2 is 1.96 bits per heavy atom. The van der Waals surface area contributed by atoms with Crippen molar-refractivity contribution in [3.05, 3.63) is 0 Å². The summed E-state index contributed by atoms with van der Waals surface area (Å²) in [6, 6.07) is 0.648. The monoisotopic (exact) mass is 357 g/mol. The lowest BCUT2D eigenvalue weighted by Crippen LogP contribution is -2.83. The van der Waals surface area contributed by atoms with Crippen LogP contribution in [0.1, 0.15) is 78.6 Å². The van der Waals surface area contributed by atoms with E-state index in [0.717, 1.165) is 30.6 Å². The van der Waals surface area contributed by atoms with Crippen LogP contribution in [0.3, 0.4) is 0 Å². The van der Waals surface area contributed by atoms with Gasteiger partial charge in [0.05, 0.1) is 0 Å². The van der Waals surface area contributed by atoms with Crippen molar-refractivity contribution in [3.8, 4) is 0 Å². The summed E-state index contributed by atoms with van der Waals surface area (Å²) in [6.45, 7) is 10.0. The average Bonchev–Trinajstić information content (AvgIpc) is 2.79. The Kier molecular flexibility index (Phi) is 2.96. The van der Waals surface area contributed by atoms with Crippen molar-refractivity contribution in [2.24, 2.45) is 34.0 Å². The Labute approximate surface area is 158 Å². The number of fused-ring (bicyclic) bond motifs is 1. The topological polar surface area (TPSA) is 29.5 Å². The Bertz CT molecular complexity index is 675. The van der Waals surface area contributed by atoms with E-state index in [0.29, 0.717) is 17.9 Å². The van der Waals surface area contributed by atoms with Crippen LogP contribution in [-0.2, 0) is 9.53 Å². The first-order valence-corrected chi connectivity index (χ1v) is 11.4. The van der Waals surface area contributed by atoms with E-state index in [9.17, 15) is 4.79 Å². The molecule has 7 fully saturated rings. The molecule has 3 spiro atoms. The molecule has 26 heavy (non-hydrogen) atoms. The van der Waals surface area contributed by atoms with Crippen LogP contribution < -0.4 is 0 Å². The van der Waals surface area contributed by atoms with Crippen molar-refractivity contribution in [2.75, 3.05) is 13.1 Å². The minimum atomic E-state index is -0.145. The van der Waals surface area contributed by atoms with Crippen molar-refractivity contribution < 1.29 is 9.53 Å². The highest BCUT2D eigenvalue weighted by Gasteiger charge is 2.83. The summed E-state index contributed by atoms with van der Waals surface area (Å²) < 4.78 is 6.66. The largest absolute Gasteiger partial charge is 0.458 e. The lowest BCUT2D eigenvalue weighted by Gasteiger charge is -2.77. The van der Waals surface area contributed by atoms with Crippen LogP contribution >= 0.6 is 0 Å². The number of carbonyl (C=O) groups excluding carboxylic acids is 1. The third-order valence-electron chi connectivity index (χ3n) is 10.8. The van der Waals surface area contributed by atoms with Gasteiger partial charge in [-0.05, 0) is 74.5 Å². The second kappa shape index (κ2) is 4.70. The van der Waals surface area contributed by atoms with Crippen LogP contribution in [0, 0.1) is 34.0 Å². The quantitative estimate of drug-likeness (QED) is 0.652. The summed E-state index contributed by atoms with van der Waals surface area (Å²) in [7, 11) is 0. The summed E-state index contributed by atoms with van der Waals surface area (Å²) in [5.74, 6) is 2.42. The molecule has 1 unspecified atom stereocenters. The molecule has 0 aromatic rings. The lowest BCUT2D eigenvalue weighted by molar-refractivity contribution is -0.335. The number of ether oxygens (including phenoxy) is 1. The van der Waals surface area contributed by atoms with Crippen LogP contribution in [0.4, 0.5) is 0 Å². The smallest absolute Gasteiger partial charge is 0.306 e. The molecule has 4 aliphatic heterocycles. The first-order valence-electron chi connectivity index (χ1n) is 11.4. The highest BCUT2D eigenvalue weighted by molar-refractivity contribution is 5.72. The Morgan fingerprint density at radius 3 is 2.77 bits per heavy atom. The van der Waals surface area contributed by atoms with Crippen LogP contribution in [0.5, 0.6) is 0 Å². The van der Waals surface area contributed by atoms with Crippen molar-refractivity contribution in [1.29, 1.82) is 0 Å². The molecule has 7 aliphatic rings. The first kappa shape index (κ1) is 16.4. The zero-order valence-electron chi connectivity index (χ0n) is 16.9. The van der Waals surface area contributed by atoms with Gasteiger partial charge in [0.1, 0.15) is 5.60 Å². The van der Waals surface area contributed by atoms with E-state index < -0.39 is 0 Å². The van der Waals surface area contributed by atoms with Crippen LogP contribution in [0.15, 0.2) is 0 Å². The highest BCUT2D eigenvalue weighted by Crippen LogP contribution is 2.80. The van der Waals surface area contributed by atoms with Gasteiger partial charge >= 0.3 is 5.97 Å². The lowest BCUT2D eigenvalue weighted by atomic mass is 9.35. The van der Waals surface area contributed by atoms with Crippen molar-refractivity contribution in [3.63, 3.8) is 0 Å². The maximum absolute atomic E-state index is 12.7. The van der Waals surface area contributed by atoms with Gasteiger partial charge in [-0.1, -0.05) is 20.8 Å². The predicted octanol–water partition coefficient (Wildman–Crippen LogP) is 4.40. The second-order valence-corrected chi connectivity index (χ2v) is 11.4. The highest BCUT2D eigenvalue weighted by atomic mass is 16.6. The number of nitrogens with zero attached hydrogens (tertiary/aromatic N) is 1. The van der Waals surface area contributed by atoms with E-state index in [4.69, 9.17) is 4.74 Å². The fraction of sp³-hybridized carbons (Fsp3) is 0.957. The molecule has 6 bridgehead atoms. The standard InChI is InChI=1S/C23H35NO2/c1-15(2)17-6-10-20(3)16-5-11-21-8-4-9-23(21)22(20,12-7-18(25)26-23)19(17)24(13-16)14-21/h15-17,19H,4-14H2,1-3H3/t16-,17-,19+,20+,21+,22+,23+/m1/s1. The Balaban J connectivity index is 1.66. The molecular weight excluding hydrogens is 322 g/mol. The molecule has 0 N–H and O–H groups in total. The molecule has 4 saturated heterocycles. The number of carbonyl (C=O) groups is 1. The maximum atomic E-state index is 12.7. The Hall–Kier alpha value is -0.570. The summed E-state index contributed by atoms with van der Waals surface area (Å²) in [6.07, 6.45) is 10.9. The van der Waals surface area contributed by atoms with Crippen molar-refractivity contribution in [1.82, 2.24) is 4.90 Å². The van der Waals surface area contributed by atoms with Gasteiger partial charge in [-0.3, -0.25) is 9.69 Å². The zero-order valence-corrected chi connectivity index (χ0v) is 16.9. The van der Waals surface area contributed by atoms with Gasteiger partial charge in [0.25, 0.3) is 0 Å². The fourth-order valence-electron chi connectivity index (χ4n) is 9.99. The molecular formula is C23H35NO2. The summed E-state index contributed by atoms with van der Waals surface area (Å²) in [4.78, 5) is 15.6. The summed E-state index contributed by atoms with van der Waals surface area (Å²) >= 11 is 0. The van der Waals surface area contributed by atoms with E-state index in [1.54, 1.807) is 0 Å². The van der Waals surface area contributed by atoms with Gasteiger partial charge < -0.3 is 4.74 Å². The molecule has 4 heterocycles. The third kappa shape index (κ3) is 1.44. The van der Waals surface area contributed by atoms with Gasteiger partial charge in [0, 0.05) is 36.4 Å². The SMILES string of the molecule is CC(C)[C@H]1CC[C@@]2(C)[C@@H]3CC[C@]45CCC[C@]46OC(=O)CC[C@@]62[C@H]1N(C3)C5. The van der Waals surface area contributed by atoms with E-state index in [1.165, 1.54) is 51.6 Å². The van der Waals surface area contributed by atoms with Gasteiger partial charge in [-0.25, -0.2) is 0 Å². The molecule has 3 nitrogen and oxygen atoms in total. The molecule has 0 radical (unpaired) electrons. The van der Waals surface area contributed by atoms with Crippen LogP contribution in [0.2, 0.25) is 0 Å². The molecule has 144 valence electrons. The molecule has 3 saturated carbocycles.